The summed E-state index contributed by atoms with van der Waals surface area (Å²) in [5.74, 6) is 0.284. The number of nitrogens with zero attached hydrogens (tertiary/aromatic N) is 1. The highest BCUT2D eigenvalue weighted by Gasteiger charge is 2.40. The van der Waals surface area contributed by atoms with E-state index in [9.17, 15) is 14.4 Å². The lowest BCUT2D eigenvalue weighted by Gasteiger charge is -2.20. The van der Waals surface area contributed by atoms with Gasteiger partial charge in [-0.25, -0.2) is 0 Å². The average Bonchev–Trinajstić information content (AvgIpc) is 3.27. The Morgan fingerprint density at radius 1 is 1.06 bits per heavy atom. The number of allylic oxidation sites excluding steroid dienone is 2. The van der Waals surface area contributed by atoms with E-state index in [1.165, 1.54) is 0 Å². The highest BCUT2D eigenvalue weighted by molar-refractivity contribution is 6.25. The zero-order valence-electron chi connectivity index (χ0n) is 20.6. The van der Waals surface area contributed by atoms with E-state index in [1.54, 1.807) is 13.8 Å². The molecule has 5 heteroatoms. The Balaban J connectivity index is 1.86. The molecule has 0 saturated carbocycles. The molecule has 0 bridgehead atoms. The minimum atomic E-state index is -0.303. The van der Waals surface area contributed by atoms with Gasteiger partial charge in [0.2, 0.25) is 5.91 Å². The maximum absolute atomic E-state index is 13.6. The monoisotopic (exact) mass is 439 g/mol. The second kappa shape index (κ2) is 9.60. The normalized spacial score (nSPS) is 21.3. The number of esters is 1. The third-order valence-corrected chi connectivity index (χ3v) is 6.66. The predicted octanol–water partition coefficient (Wildman–Crippen LogP) is 5.01. The van der Waals surface area contributed by atoms with Crippen LogP contribution in [0.25, 0.3) is 5.57 Å². The van der Waals surface area contributed by atoms with Crippen molar-refractivity contribution in [3.8, 4) is 0 Å². The number of hydrogen-bond acceptors (Lipinski definition) is 4. The summed E-state index contributed by atoms with van der Waals surface area (Å²) < 4.78 is 5.79. The number of Topliss-reactive ketones (excluding diaryl/α,β-unsaturated/α-hetero) is 1. The molecule has 1 aromatic rings. The smallest absolute Gasteiger partial charge is 0.313 e. The van der Waals surface area contributed by atoms with E-state index in [1.807, 2.05) is 39.5 Å². The van der Waals surface area contributed by atoms with Gasteiger partial charge in [-0.2, -0.15) is 0 Å². The fourth-order valence-corrected chi connectivity index (χ4v) is 5.11. The number of ether oxygens (including phenoxy) is 1. The molecule has 1 aliphatic heterocycles. The van der Waals surface area contributed by atoms with Crippen LogP contribution in [0.5, 0.6) is 0 Å². The second-order valence-electron chi connectivity index (χ2n) is 10.2. The first kappa shape index (κ1) is 24.2. The number of rotatable bonds is 6. The Morgan fingerprint density at radius 2 is 1.69 bits per heavy atom. The first-order valence-corrected chi connectivity index (χ1v) is 11.9. The van der Waals surface area contributed by atoms with Gasteiger partial charge in [0.15, 0.2) is 5.78 Å². The quantitative estimate of drug-likeness (QED) is 0.585. The lowest BCUT2D eigenvalue weighted by Crippen LogP contribution is -2.32. The first-order chi connectivity index (χ1) is 15.0. The van der Waals surface area contributed by atoms with E-state index in [-0.39, 0.29) is 35.4 Å². The van der Waals surface area contributed by atoms with Crippen LogP contribution in [-0.2, 0) is 19.1 Å². The van der Waals surface area contributed by atoms with E-state index in [0.717, 1.165) is 41.6 Å². The first-order valence-electron chi connectivity index (χ1n) is 11.9. The zero-order chi connectivity index (χ0) is 23.7. The van der Waals surface area contributed by atoms with Crippen molar-refractivity contribution in [1.82, 2.24) is 4.90 Å². The van der Waals surface area contributed by atoms with Gasteiger partial charge in [0.05, 0.1) is 11.5 Å². The Labute approximate surface area is 192 Å². The Bertz CT molecular complexity index is 933. The van der Waals surface area contributed by atoms with Crippen molar-refractivity contribution < 1.29 is 19.1 Å². The minimum Gasteiger partial charge on any atom is -0.430 e. The third-order valence-electron chi connectivity index (χ3n) is 6.66. The predicted molar refractivity (Wildman–Crippen MR) is 126 cm³/mol. The average molecular weight is 440 g/mol. The van der Waals surface area contributed by atoms with E-state index >= 15 is 0 Å². The number of carbonyl (C=O) groups is 3. The molecule has 3 rings (SSSR count). The van der Waals surface area contributed by atoms with Gasteiger partial charge in [-0.05, 0) is 56.2 Å². The SMILES string of the molecule is Cc1cc(C)c(C2=C(OC(=O)C(C)C)CC(CC3CCN(C(=O)C(C)C)C3)C2=O)c(C)c1. The summed E-state index contributed by atoms with van der Waals surface area (Å²) >= 11 is 0. The summed E-state index contributed by atoms with van der Waals surface area (Å²) in [5, 5.41) is 0. The van der Waals surface area contributed by atoms with Crippen LogP contribution in [0.1, 0.15) is 69.2 Å². The highest BCUT2D eigenvalue weighted by atomic mass is 16.5. The number of carbonyl (C=O) groups excluding carboxylic acids is 3. The van der Waals surface area contributed by atoms with E-state index < -0.39 is 0 Å². The van der Waals surface area contributed by atoms with Crippen LogP contribution in [0.4, 0.5) is 0 Å². The summed E-state index contributed by atoms with van der Waals surface area (Å²) in [6, 6.07) is 4.15. The van der Waals surface area contributed by atoms with Crippen molar-refractivity contribution in [2.45, 2.75) is 67.7 Å². The van der Waals surface area contributed by atoms with Crippen LogP contribution in [-0.4, -0.2) is 35.6 Å². The van der Waals surface area contributed by atoms with Crippen molar-refractivity contribution in [3.05, 3.63) is 40.1 Å². The van der Waals surface area contributed by atoms with Gasteiger partial charge in [0.1, 0.15) is 5.76 Å². The molecule has 5 nitrogen and oxygen atoms in total. The van der Waals surface area contributed by atoms with Crippen molar-refractivity contribution in [3.63, 3.8) is 0 Å². The van der Waals surface area contributed by atoms with E-state index in [4.69, 9.17) is 4.74 Å². The molecule has 2 atom stereocenters. The molecule has 1 amide bonds. The summed E-state index contributed by atoms with van der Waals surface area (Å²) in [7, 11) is 0. The van der Waals surface area contributed by atoms with Gasteiger partial charge in [0, 0.05) is 31.3 Å². The van der Waals surface area contributed by atoms with Gasteiger partial charge < -0.3 is 9.64 Å². The topological polar surface area (TPSA) is 63.7 Å². The fourth-order valence-electron chi connectivity index (χ4n) is 5.11. The Hall–Kier alpha value is -2.43. The third kappa shape index (κ3) is 4.97. The van der Waals surface area contributed by atoms with Crippen LogP contribution in [0.2, 0.25) is 0 Å². The molecule has 174 valence electrons. The second-order valence-corrected chi connectivity index (χ2v) is 10.2. The van der Waals surface area contributed by atoms with Gasteiger partial charge >= 0.3 is 5.97 Å². The molecule has 0 N–H and O–H groups in total. The molecule has 1 heterocycles. The Kier molecular flexibility index (Phi) is 7.26. The largest absolute Gasteiger partial charge is 0.430 e. The molecule has 2 unspecified atom stereocenters. The van der Waals surface area contributed by atoms with Crippen LogP contribution in [0, 0.1) is 44.4 Å². The standard InChI is InChI=1S/C27H37NO4/c1-15(2)26(30)28-9-8-20(14-28)12-21-13-22(32-27(31)16(3)4)24(25(21)29)23-18(6)10-17(5)11-19(23)7/h10-11,15-16,20-21H,8-9,12-14H2,1-7H3. The van der Waals surface area contributed by atoms with Gasteiger partial charge in [-0.3, -0.25) is 14.4 Å². The molecule has 1 fully saturated rings. The van der Waals surface area contributed by atoms with Gasteiger partial charge in [-0.1, -0.05) is 45.4 Å². The van der Waals surface area contributed by atoms with Crippen molar-refractivity contribution in [2.75, 3.05) is 13.1 Å². The highest BCUT2D eigenvalue weighted by Crippen LogP contribution is 2.42. The van der Waals surface area contributed by atoms with Gasteiger partial charge in [0.25, 0.3) is 0 Å². The zero-order valence-corrected chi connectivity index (χ0v) is 20.6. The number of ketones is 1. The van der Waals surface area contributed by atoms with Crippen LogP contribution < -0.4 is 0 Å². The number of likely N-dealkylation sites (tertiary alicyclic amines) is 1. The molecule has 1 saturated heterocycles. The van der Waals surface area contributed by atoms with Crippen molar-refractivity contribution >= 4 is 23.2 Å². The van der Waals surface area contributed by atoms with Crippen LogP contribution in [0.15, 0.2) is 17.9 Å². The summed E-state index contributed by atoms with van der Waals surface area (Å²) in [4.78, 5) is 40.4. The maximum atomic E-state index is 13.6. The van der Waals surface area contributed by atoms with E-state index in [0.29, 0.717) is 30.2 Å². The fraction of sp³-hybridized carbons (Fsp3) is 0.593. The minimum absolute atomic E-state index is 0.00957. The summed E-state index contributed by atoms with van der Waals surface area (Å²) in [6.45, 7) is 15.0. The molecule has 0 spiro atoms. The lowest BCUT2D eigenvalue weighted by atomic mass is 9.87. The molecular weight excluding hydrogens is 402 g/mol. The molecule has 32 heavy (non-hydrogen) atoms. The number of benzene rings is 1. The molecule has 0 aromatic heterocycles. The van der Waals surface area contributed by atoms with Crippen LogP contribution >= 0.6 is 0 Å². The maximum Gasteiger partial charge on any atom is 0.313 e. The van der Waals surface area contributed by atoms with Crippen molar-refractivity contribution in [2.24, 2.45) is 23.7 Å². The molecule has 2 aliphatic rings. The number of amides is 1. The Morgan fingerprint density at radius 3 is 2.25 bits per heavy atom. The van der Waals surface area contributed by atoms with Gasteiger partial charge in [-0.15, -0.1) is 0 Å². The number of hydrogen-bond donors (Lipinski definition) is 0. The molecule has 0 radical (unpaired) electrons. The number of aryl methyl sites for hydroxylation is 3. The lowest BCUT2D eigenvalue weighted by molar-refractivity contribution is -0.143. The summed E-state index contributed by atoms with van der Waals surface area (Å²) in [6.07, 6.45) is 2.09. The summed E-state index contributed by atoms with van der Waals surface area (Å²) in [5.41, 5.74) is 4.68. The molecule has 1 aromatic carbocycles. The van der Waals surface area contributed by atoms with Crippen LogP contribution in [0.3, 0.4) is 0 Å². The molecule has 1 aliphatic carbocycles. The van der Waals surface area contributed by atoms with Crippen molar-refractivity contribution in [1.29, 1.82) is 0 Å². The van der Waals surface area contributed by atoms with E-state index in [2.05, 4.69) is 12.1 Å². The molecular formula is C27H37NO4.